The molecule has 2 aromatic rings. The number of carbonyl (C=O) groups excluding carboxylic acids is 2. The van der Waals surface area contributed by atoms with Crippen LogP contribution in [0.2, 0.25) is 10.0 Å². The lowest BCUT2D eigenvalue weighted by atomic mass is 10.3. The van der Waals surface area contributed by atoms with Crippen LogP contribution in [0, 0.1) is 6.92 Å². The lowest BCUT2D eigenvalue weighted by Crippen LogP contribution is -2.37. The average molecular weight is 385 g/mol. The second-order valence-corrected chi connectivity index (χ2v) is 5.58. The molecule has 0 aliphatic heterocycles. The molecule has 0 atom stereocenters. The largest absolute Gasteiger partial charge is 0.482 e. The van der Waals surface area contributed by atoms with E-state index in [-0.39, 0.29) is 22.6 Å². The number of hydrogen-bond donors (Lipinski definition) is 2. The highest BCUT2D eigenvalue weighted by molar-refractivity contribution is 6.35. The predicted octanol–water partition coefficient (Wildman–Crippen LogP) is 2.83. The van der Waals surface area contributed by atoms with Gasteiger partial charge in [0.15, 0.2) is 6.61 Å². The van der Waals surface area contributed by atoms with Crippen molar-refractivity contribution in [2.75, 3.05) is 19.0 Å². The van der Waals surface area contributed by atoms with Gasteiger partial charge in [-0.05, 0) is 25.1 Å². The number of carbonyl (C=O) groups is 2. The Labute approximate surface area is 153 Å². The maximum atomic E-state index is 11.8. The minimum absolute atomic E-state index is 0.00353. The van der Waals surface area contributed by atoms with Crippen molar-refractivity contribution in [2.45, 2.75) is 6.92 Å². The predicted molar refractivity (Wildman–Crippen MR) is 92.4 cm³/mol. The number of urea groups is 1. The lowest BCUT2D eigenvalue weighted by Gasteiger charge is -2.09. The van der Waals surface area contributed by atoms with Crippen LogP contribution in [0.25, 0.3) is 0 Å². The molecule has 0 aliphatic carbocycles. The second-order valence-electron chi connectivity index (χ2n) is 4.74. The molecule has 0 spiro atoms. The van der Waals surface area contributed by atoms with Gasteiger partial charge in [-0.25, -0.2) is 9.78 Å². The molecule has 0 saturated heterocycles. The maximum Gasteiger partial charge on any atom is 0.328 e. The van der Waals surface area contributed by atoms with Crippen molar-refractivity contribution in [1.82, 2.24) is 15.3 Å². The Kier molecular flexibility index (Phi) is 6.37. The van der Waals surface area contributed by atoms with Gasteiger partial charge in [-0.2, -0.15) is 4.98 Å². The van der Waals surface area contributed by atoms with Gasteiger partial charge in [-0.15, -0.1) is 0 Å². The number of benzene rings is 1. The van der Waals surface area contributed by atoms with Gasteiger partial charge >= 0.3 is 6.03 Å². The number of methoxy groups -OCH3 is 1. The molecule has 1 aromatic heterocycles. The third kappa shape index (κ3) is 5.77. The van der Waals surface area contributed by atoms with Crippen LogP contribution in [0.4, 0.5) is 10.7 Å². The van der Waals surface area contributed by atoms with Crippen LogP contribution in [0.5, 0.6) is 11.6 Å². The molecule has 3 amide bonds. The third-order valence-corrected chi connectivity index (χ3v) is 3.30. The monoisotopic (exact) mass is 384 g/mol. The van der Waals surface area contributed by atoms with Gasteiger partial charge in [-0.1, -0.05) is 23.2 Å². The quantitative estimate of drug-likeness (QED) is 0.821. The fraction of sp³-hybridized carbons (Fsp3) is 0.200. The minimum Gasteiger partial charge on any atom is -0.482 e. The van der Waals surface area contributed by atoms with E-state index in [1.807, 2.05) is 0 Å². The highest BCUT2D eigenvalue weighted by Crippen LogP contribution is 2.27. The maximum absolute atomic E-state index is 11.8. The van der Waals surface area contributed by atoms with Crippen molar-refractivity contribution >= 4 is 41.1 Å². The van der Waals surface area contributed by atoms with Crippen LogP contribution in [0.3, 0.4) is 0 Å². The summed E-state index contributed by atoms with van der Waals surface area (Å²) in [6.07, 6.45) is 0. The Hall–Kier alpha value is -2.58. The van der Waals surface area contributed by atoms with E-state index in [9.17, 15) is 9.59 Å². The Bertz CT molecular complexity index is 801. The number of rotatable bonds is 5. The van der Waals surface area contributed by atoms with Gasteiger partial charge in [0.05, 0.1) is 12.1 Å². The number of ether oxygens (including phenoxy) is 2. The Morgan fingerprint density at radius 3 is 2.64 bits per heavy atom. The molecule has 0 radical (unpaired) electrons. The van der Waals surface area contributed by atoms with Crippen molar-refractivity contribution in [3.63, 3.8) is 0 Å². The summed E-state index contributed by atoms with van der Waals surface area (Å²) in [5.41, 5.74) is 0.592. The van der Waals surface area contributed by atoms with E-state index in [2.05, 4.69) is 20.6 Å². The van der Waals surface area contributed by atoms with Gasteiger partial charge < -0.3 is 9.47 Å². The van der Waals surface area contributed by atoms with Crippen LogP contribution >= 0.6 is 23.2 Å². The zero-order valence-corrected chi connectivity index (χ0v) is 14.8. The van der Waals surface area contributed by atoms with Crippen LogP contribution in [-0.2, 0) is 4.79 Å². The van der Waals surface area contributed by atoms with E-state index in [1.165, 1.54) is 19.2 Å². The summed E-state index contributed by atoms with van der Waals surface area (Å²) in [6.45, 7) is 1.30. The molecule has 0 bridgehead atoms. The number of imide groups is 1. The van der Waals surface area contributed by atoms with Crippen molar-refractivity contribution in [3.05, 3.63) is 40.0 Å². The normalized spacial score (nSPS) is 10.1. The fourth-order valence-electron chi connectivity index (χ4n) is 1.73. The highest BCUT2D eigenvalue weighted by Gasteiger charge is 2.12. The molecule has 0 unspecified atom stereocenters. The van der Waals surface area contributed by atoms with Crippen LogP contribution in [0.15, 0.2) is 24.3 Å². The number of nitrogens with one attached hydrogen (secondary N) is 2. The van der Waals surface area contributed by atoms with Crippen LogP contribution < -0.4 is 20.1 Å². The molecule has 0 saturated carbocycles. The zero-order chi connectivity index (χ0) is 18.4. The van der Waals surface area contributed by atoms with Gasteiger partial charge in [0.1, 0.15) is 5.75 Å². The Morgan fingerprint density at radius 1 is 1.20 bits per heavy atom. The zero-order valence-electron chi connectivity index (χ0n) is 13.3. The van der Waals surface area contributed by atoms with E-state index in [0.29, 0.717) is 10.7 Å². The van der Waals surface area contributed by atoms with E-state index in [1.54, 1.807) is 19.1 Å². The Morgan fingerprint density at radius 2 is 1.96 bits per heavy atom. The van der Waals surface area contributed by atoms with Gasteiger partial charge in [0.25, 0.3) is 5.91 Å². The molecule has 2 rings (SSSR count). The third-order valence-electron chi connectivity index (χ3n) is 2.77. The first kappa shape index (κ1) is 18.8. The van der Waals surface area contributed by atoms with Crippen molar-refractivity contribution in [1.29, 1.82) is 0 Å². The summed E-state index contributed by atoms with van der Waals surface area (Å²) in [4.78, 5) is 31.5. The number of amides is 3. The molecule has 1 aromatic carbocycles. The first-order valence-electron chi connectivity index (χ1n) is 6.95. The number of halogens is 2. The van der Waals surface area contributed by atoms with Crippen LogP contribution in [-0.4, -0.2) is 35.6 Å². The number of aromatic nitrogens is 2. The van der Waals surface area contributed by atoms with Crippen molar-refractivity contribution in [2.24, 2.45) is 0 Å². The summed E-state index contributed by atoms with van der Waals surface area (Å²) >= 11 is 11.7. The van der Waals surface area contributed by atoms with Gasteiger partial charge in [0.2, 0.25) is 11.8 Å². The number of anilines is 1. The summed E-state index contributed by atoms with van der Waals surface area (Å²) < 4.78 is 10.2. The molecule has 0 fully saturated rings. The smallest absolute Gasteiger partial charge is 0.328 e. The fourth-order valence-corrected chi connectivity index (χ4v) is 2.19. The standard InChI is InChI=1S/C15H14Cl2N4O4/c1-8-5-13(24-2)20-14(18-8)21-15(23)19-12(22)7-25-11-4-3-9(16)6-10(11)17/h3-6H,7H2,1-2H3,(H2,18,19,20,21,22,23). The van der Waals surface area contributed by atoms with Gasteiger partial charge in [-0.3, -0.25) is 15.4 Å². The lowest BCUT2D eigenvalue weighted by molar-refractivity contribution is -0.121. The molecule has 132 valence electrons. The van der Waals surface area contributed by atoms with E-state index < -0.39 is 18.5 Å². The summed E-state index contributed by atoms with van der Waals surface area (Å²) in [6, 6.07) is 5.35. The van der Waals surface area contributed by atoms with Crippen molar-refractivity contribution in [3.8, 4) is 11.6 Å². The molecule has 2 N–H and O–H groups in total. The SMILES string of the molecule is COc1cc(C)nc(NC(=O)NC(=O)COc2ccc(Cl)cc2Cl)n1. The summed E-state index contributed by atoms with van der Waals surface area (Å²) in [7, 11) is 1.44. The molecule has 10 heteroatoms. The first-order valence-corrected chi connectivity index (χ1v) is 7.71. The molecular formula is C15H14Cl2N4O4. The first-order chi connectivity index (χ1) is 11.9. The molecule has 1 heterocycles. The highest BCUT2D eigenvalue weighted by atomic mass is 35.5. The number of nitrogens with zero attached hydrogens (tertiary/aromatic N) is 2. The molecule has 0 aliphatic rings. The minimum atomic E-state index is -0.802. The second kappa shape index (κ2) is 8.50. The average Bonchev–Trinajstić information content (AvgIpc) is 2.53. The molecular weight excluding hydrogens is 371 g/mol. The summed E-state index contributed by atoms with van der Waals surface area (Å²) in [5, 5.41) is 5.11. The Balaban J connectivity index is 1.87. The number of aryl methyl sites for hydroxylation is 1. The number of hydrogen-bond acceptors (Lipinski definition) is 6. The van der Waals surface area contributed by atoms with Crippen LogP contribution in [0.1, 0.15) is 5.69 Å². The topological polar surface area (TPSA) is 102 Å². The van der Waals surface area contributed by atoms with E-state index in [0.717, 1.165) is 0 Å². The van der Waals surface area contributed by atoms with Gasteiger partial charge in [0, 0.05) is 16.8 Å². The molecule has 8 nitrogen and oxygen atoms in total. The van der Waals surface area contributed by atoms with Crippen molar-refractivity contribution < 1.29 is 19.1 Å². The van der Waals surface area contributed by atoms with E-state index in [4.69, 9.17) is 32.7 Å². The molecule has 25 heavy (non-hydrogen) atoms. The van der Waals surface area contributed by atoms with E-state index >= 15 is 0 Å². The summed E-state index contributed by atoms with van der Waals surface area (Å²) in [5.74, 6) is -0.116.